The van der Waals surface area contributed by atoms with E-state index in [9.17, 15) is 0 Å². The summed E-state index contributed by atoms with van der Waals surface area (Å²) in [5, 5.41) is 2.57. The quantitative estimate of drug-likeness (QED) is 0.619. The molecule has 0 aliphatic heterocycles. The van der Waals surface area contributed by atoms with Gasteiger partial charge >= 0.3 is 0 Å². The molecule has 1 nitrogen and oxygen atoms in total. The van der Waals surface area contributed by atoms with Gasteiger partial charge in [0.2, 0.25) is 0 Å². The van der Waals surface area contributed by atoms with Crippen LogP contribution in [0.5, 0.6) is 0 Å². The normalized spacial score (nSPS) is 12.1. The minimum atomic E-state index is 1.10. The summed E-state index contributed by atoms with van der Waals surface area (Å²) < 4.78 is 0. The molecule has 0 saturated carbocycles. The molecule has 0 atom stereocenters. The lowest BCUT2D eigenvalue weighted by Gasteiger charge is -2.09. The van der Waals surface area contributed by atoms with Crippen molar-refractivity contribution in [1.82, 2.24) is 0 Å². The van der Waals surface area contributed by atoms with Crippen molar-refractivity contribution in [3.8, 4) is 0 Å². The molecule has 0 fully saturated rings. The first-order valence-electron chi connectivity index (χ1n) is 5.16. The maximum absolute atomic E-state index is 4.29. The predicted molar refractivity (Wildman–Crippen MR) is 66.8 cm³/mol. The van der Waals surface area contributed by atoms with E-state index in [0.29, 0.717) is 0 Å². The van der Waals surface area contributed by atoms with Crippen LogP contribution in [0.4, 0.5) is 0 Å². The number of hydrogen-bond acceptors (Lipinski definition) is 1. The average Bonchev–Trinajstić information content (AvgIpc) is 2.28. The summed E-state index contributed by atoms with van der Waals surface area (Å²) in [6.07, 6.45) is 0. The molecule has 0 radical (unpaired) electrons. The number of benzene rings is 2. The molecule has 15 heavy (non-hydrogen) atoms. The smallest absolute Gasteiger partial charge is 0.0395 e. The van der Waals surface area contributed by atoms with E-state index in [4.69, 9.17) is 0 Å². The lowest BCUT2D eigenvalue weighted by Crippen LogP contribution is -1.99. The van der Waals surface area contributed by atoms with Crippen LogP contribution in [0.25, 0.3) is 10.8 Å². The first kappa shape index (κ1) is 9.91. The first-order chi connectivity index (χ1) is 7.24. The molecule has 0 heterocycles. The summed E-state index contributed by atoms with van der Waals surface area (Å²) >= 11 is 0. The predicted octanol–water partition coefficient (Wildman–Crippen LogP) is 3.59. The maximum Gasteiger partial charge on any atom is 0.0395 e. The molecule has 0 saturated heterocycles. The average molecular weight is 197 g/mol. The fourth-order valence-electron chi connectivity index (χ4n) is 1.97. The van der Waals surface area contributed by atoms with Crippen molar-refractivity contribution in [1.29, 1.82) is 0 Å². The van der Waals surface area contributed by atoms with Gasteiger partial charge in [0.05, 0.1) is 0 Å². The van der Waals surface area contributed by atoms with Crippen LogP contribution in [-0.4, -0.2) is 12.8 Å². The van der Waals surface area contributed by atoms with E-state index >= 15 is 0 Å². The fraction of sp³-hybridized carbons (Fsp3) is 0.214. The molecule has 0 aliphatic carbocycles. The van der Waals surface area contributed by atoms with Gasteiger partial charge in [0.1, 0.15) is 0 Å². The lowest BCUT2D eigenvalue weighted by molar-refractivity contribution is 1.39. The number of aliphatic imine (C=N–C) groups is 1. The van der Waals surface area contributed by atoms with Gasteiger partial charge in [-0.15, -0.1) is 0 Å². The van der Waals surface area contributed by atoms with Gasteiger partial charge < -0.3 is 0 Å². The molecule has 0 N–H and O–H groups in total. The van der Waals surface area contributed by atoms with Gasteiger partial charge in [-0.05, 0) is 30.2 Å². The molecule has 1 heteroatoms. The molecule has 2 rings (SSSR count). The molecule has 0 aromatic heterocycles. The van der Waals surface area contributed by atoms with E-state index in [2.05, 4.69) is 55.2 Å². The summed E-state index contributed by atoms with van der Waals surface area (Å²) in [6.45, 7) is 4.20. The Labute approximate surface area is 90.5 Å². The van der Waals surface area contributed by atoms with Crippen molar-refractivity contribution < 1.29 is 0 Å². The largest absolute Gasteiger partial charge is 0.293 e. The van der Waals surface area contributed by atoms with Crippen molar-refractivity contribution in [3.63, 3.8) is 0 Å². The van der Waals surface area contributed by atoms with Crippen LogP contribution in [0, 0.1) is 6.92 Å². The van der Waals surface area contributed by atoms with Gasteiger partial charge in [-0.25, -0.2) is 0 Å². The molecule has 76 valence electrons. The fourth-order valence-corrected chi connectivity index (χ4v) is 1.97. The number of aryl methyl sites for hydroxylation is 1. The second-order valence-corrected chi connectivity index (χ2v) is 3.79. The Balaban J connectivity index is 2.86. The monoisotopic (exact) mass is 197 g/mol. The molecular formula is C14H15N. The summed E-state index contributed by atoms with van der Waals surface area (Å²) in [5.74, 6) is 0. The van der Waals surface area contributed by atoms with Crippen molar-refractivity contribution in [2.75, 3.05) is 7.05 Å². The molecular weight excluding hydrogens is 182 g/mol. The summed E-state index contributed by atoms with van der Waals surface area (Å²) in [6, 6.07) is 12.8. The van der Waals surface area contributed by atoms with Crippen LogP contribution in [0.2, 0.25) is 0 Å². The van der Waals surface area contributed by atoms with Crippen molar-refractivity contribution in [3.05, 3.63) is 47.5 Å². The topological polar surface area (TPSA) is 12.4 Å². The number of nitrogens with zero attached hydrogens (tertiary/aromatic N) is 1. The van der Waals surface area contributed by atoms with E-state index in [0.717, 1.165) is 5.71 Å². The van der Waals surface area contributed by atoms with Crippen molar-refractivity contribution in [2.45, 2.75) is 13.8 Å². The van der Waals surface area contributed by atoms with Crippen LogP contribution in [0.15, 0.2) is 41.4 Å². The van der Waals surface area contributed by atoms with E-state index in [-0.39, 0.29) is 0 Å². The zero-order valence-corrected chi connectivity index (χ0v) is 9.41. The summed E-state index contributed by atoms with van der Waals surface area (Å²) in [5.41, 5.74) is 3.66. The van der Waals surface area contributed by atoms with Gasteiger partial charge in [-0.2, -0.15) is 0 Å². The third-order valence-electron chi connectivity index (χ3n) is 2.83. The third kappa shape index (κ3) is 1.65. The Bertz CT molecular complexity index is 524. The van der Waals surface area contributed by atoms with Crippen LogP contribution in [0.3, 0.4) is 0 Å². The minimum absolute atomic E-state index is 1.10. The van der Waals surface area contributed by atoms with Gasteiger partial charge in [-0.1, -0.05) is 36.4 Å². The van der Waals surface area contributed by atoms with Gasteiger partial charge in [0.15, 0.2) is 0 Å². The molecule has 0 aliphatic rings. The Morgan fingerprint density at radius 2 is 1.80 bits per heavy atom. The van der Waals surface area contributed by atoms with Gasteiger partial charge in [0.25, 0.3) is 0 Å². The highest BCUT2D eigenvalue weighted by molar-refractivity contribution is 6.10. The van der Waals surface area contributed by atoms with Gasteiger partial charge in [-0.3, -0.25) is 4.99 Å². The van der Waals surface area contributed by atoms with Crippen molar-refractivity contribution in [2.24, 2.45) is 4.99 Å². The second-order valence-electron chi connectivity index (χ2n) is 3.79. The zero-order chi connectivity index (χ0) is 10.8. The highest BCUT2D eigenvalue weighted by Crippen LogP contribution is 2.22. The van der Waals surface area contributed by atoms with E-state index in [1.807, 2.05) is 7.05 Å². The number of fused-ring (bicyclic) bond motifs is 1. The van der Waals surface area contributed by atoms with Crippen LogP contribution in [-0.2, 0) is 0 Å². The first-order valence-corrected chi connectivity index (χ1v) is 5.16. The summed E-state index contributed by atoms with van der Waals surface area (Å²) in [4.78, 5) is 4.29. The Morgan fingerprint density at radius 1 is 1.07 bits per heavy atom. The highest BCUT2D eigenvalue weighted by Gasteiger charge is 2.06. The third-order valence-corrected chi connectivity index (χ3v) is 2.83. The molecule has 2 aromatic rings. The Hall–Kier alpha value is -1.63. The SMILES string of the molecule is CN=C(C)c1c(C)ccc2ccccc12. The molecule has 0 amide bonds. The second kappa shape index (κ2) is 3.85. The minimum Gasteiger partial charge on any atom is -0.293 e. The number of hydrogen-bond donors (Lipinski definition) is 0. The van der Waals surface area contributed by atoms with E-state index in [1.165, 1.54) is 21.9 Å². The molecule has 0 spiro atoms. The van der Waals surface area contributed by atoms with E-state index < -0.39 is 0 Å². The van der Waals surface area contributed by atoms with Crippen molar-refractivity contribution >= 4 is 16.5 Å². The van der Waals surface area contributed by atoms with Crippen LogP contribution >= 0.6 is 0 Å². The van der Waals surface area contributed by atoms with Crippen LogP contribution in [0.1, 0.15) is 18.1 Å². The summed E-state index contributed by atoms with van der Waals surface area (Å²) in [7, 11) is 1.84. The Kier molecular flexibility index (Phi) is 2.55. The molecule has 0 bridgehead atoms. The molecule has 0 unspecified atom stereocenters. The lowest BCUT2D eigenvalue weighted by atomic mass is 9.97. The Morgan fingerprint density at radius 3 is 2.53 bits per heavy atom. The maximum atomic E-state index is 4.29. The van der Waals surface area contributed by atoms with E-state index in [1.54, 1.807) is 0 Å². The highest BCUT2D eigenvalue weighted by atomic mass is 14.7. The zero-order valence-electron chi connectivity index (χ0n) is 9.41. The standard InChI is InChI=1S/C14H15N/c1-10-8-9-12-6-4-5-7-13(12)14(10)11(2)15-3/h4-9H,1-3H3. The van der Waals surface area contributed by atoms with Crippen LogP contribution < -0.4 is 0 Å². The van der Waals surface area contributed by atoms with Gasteiger partial charge in [0, 0.05) is 18.3 Å². The molecule has 2 aromatic carbocycles. The number of rotatable bonds is 1.